The lowest BCUT2D eigenvalue weighted by molar-refractivity contribution is -0.124. The van der Waals surface area contributed by atoms with Crippen molar-refractivity contribution < 1.29 is 9.53 Å². The summed E-state index contributed by atoms with van der Waals surface area (Å²) in [6, 6.07) is 0.260. The number of nitrogens with one attached hydrogen (secondary N) is 1. The Labute approximate surface area is 152 Å². The van der Waals surface area contributed by atoms with Crippen molar-refractivity contribution in [2.75, 3.05) is 6.61 Å². The normalized spacial score (nSPS) is 25.8. The highest BCUT2D eigenvalue weighted by molar-refractivity contribution is 7.18. The fraction of sp³-hybridized carbons (Fsp3) is 0.632. The summed E-state index contributed by atoms with van der Waals surface area (Å²) in [4.78, 5) is 23.4. The summed E-state index contributed by atoms with van der Waals surface area (Å²) in [5, 5.41) is 4.18. The summed E-state index contributed by atoms with van der Waals surface area (Å²) in [6.45, 7) is 4.53. The molecule has 2 aliphatic rings. The Bertz CT molecular complexity index is 788. The van der Waals surface area contributed by atoms with E-state index in [-0.39, 0.29) is 18.6 Å². The zero-order valence-corrected chi connectivity index (χ0v) is 15.7. The second-order valence-corrected chi connectivity index (χ2v) is 8.53. The lowest BCUT2D eigenvalue weighted by atomic mass is 9.78. The Kier molecular flexibility index (Phi) is 4.63. The Hall–Kier alpha value is -1.69. The second kappa shape index (κ2) is 6.90. The third-order valence-corrected chi connectivity index (χ3v) is 7.06. The zero-order chi connectivity index (χ0) is 17.4. The number of ether oxygens (including phenoxy) is 1. The number of hydrogen-bond acceptors (Lipinski definition) is 5. The molecule has 2 aromatic heterocycles. The van der Waals surface area contributed by atoms with Crippen LogP contribution in [0.2, 0.25) is 0 Å². The molecule has 4 rings (SSSR count). The Morgan fingerprint density at radius 1 is 1.28 bits per heavy atom. The highest BCUT2D eigenvalue weighted by Crippen LogP contribution is 2.39. The summed E-state index contributed by atoms with van der Waals surface area (Å²) in [6.07, 6.45) is 8.40. The quantitative estimate of drug-likeness (QED) is 0.907. The monoisotopic (exact) mass is 359 g/mol. The van der Waals surface area contributed by atoms with Crippen molar-refractivity contribution in [1.82, 2.24) is 15.3 Å². The van der Waals surface area contributed by atoms with Crippen LogP contribution >= 0.6 is 11.3 Å². The van der Waals surface area contributed by atoms with Crippen LogP contribution in [-0.4, -0.2) is 28.5 Å². The highest BCUT2D eigenvalue weighted by Gasteiger charge is 2.28. The van der Waals surface area contributed by atoms with Crippen LogP contribution in [0.4, 0.5) is 0 Å². The minimum atomic E-state index is -0.0513. The Balaban J connectivity index is 1.43. The number of amides is 1. The van der Waals surface area contributed by atoms with Crippen LogP contribution in [0.15, 0.2) is 6.33 Å². The van der Waals surface area contributed by atoms with E-state index in [1.54, 1.807) is 11.3 Å². The van der Waals surface area contributed by atoms with Crippen molar-refractivity contribution in [2.45, 2.75) is 58.4 Å². The van der Waals surface area contributed by atoms with Gasteiger partial charge in [0.2, 0.25) is 5.88 Å². The van der Waals surface area contributed by atoms with E-state index >= 15 is 0 Å². The van der Waals surface area contributed by atoms with E-state index in [0.29, 0.717) is 17.7 Å². The van der Waals surface area contributed by atoms with E-state index in [1.165, 1.54) is 36.0 Å². The maximum Gasteiger partial charge on any atom is 0.258 e. The number of nitrogens with zero attached hydrogens (tertiary/aromatic N) is 2. The lowest BCUT2D eigenvalue weighted by Gasteiger charge is -2.34. The molecule has 5 nitrogen and oxygen atoms in total. The minimum absolute atomic E-state index is 0.0222. The maximum absolute atomic E-state index is 12.4. The van der Waals surface area contributed by atoms with Gasteiger partial charge in [-0.1, -0.05) is 26.7 Å². The molecule has 3 unspecified atom stereocenters. The summed E-state index contributed by atoms with van der Waals surface area (Å²) < 4.78 is 5.81. The third-order valence-electron chi connectivity index (χ3n) is 5.86. The average molecular weight is 359 g/mol. The molecule has 0 radical (unpaired) electrons. The summed E-state index contributed by atoms with van der Waals surface area (Å²) in [5.74, 6) is 1.69. The molecular formula is C19H25N3O2S. The van der Waals surface area contributed by atoms with Crippen LogP contribution in [0, 0.1) is 11.8 Å². The van der Waals surface area contributed by atoms with Crippen LogP contribution in [-0.2, 0) is 17.6 Å². The molecule has 134 valence electrons. The van der Waals surface area contributed by atoms with Gasteiger partial charge >= 0.3 is 0 Å². The third kappa shape index (κ3) is 3.24. The molecule has 1 saturated carbocycles. The van der Waals surface area contributed by atoms with Gasteiger partial charge < -0.3 is 10.1 Å². The fourth-order valence-electron chi connectivity index (χ4n) is 4.18. The van der Waals surface area contributed by atoms with E-state index in [0.717, 1.165) is 29.5 Å². The number of hydrogen-bond donors (Lipinski definition) is 1. The number of carbonyl (C=O) groups excluding carboxylic acids is 1. The van der Waals surface area contributed by atoms with Crippen LogP contribution in [0.3, 0.4) is 0 Å². The van der Waals surface area contributed by atoms with Crippen LogP contribution in [0.1, 0.15) is 50.0 Å². The van der Waals surface area contributed by atoms with Crippen LogP contribution in [0.25, 0.3) is 10.2 Å². The molecule has 0 aromatic carbocycles. The van der Waals surface area contributed by atoms with Crippen molar-refractivity contribution in [2.24, 2.45) is 11.8 Å². The van der Waals surface area contributed by atoms with Gasteiger partial charge in [-0.05, 0) is 43.1 Å². The van der Waals surface area contributed by atoms with Crippen molar-refractivity contribution in [1.29, 1.82) is 0 Å². The molecule has 2 heterocycles. The van der Waals surface area contributed by atoms with Crippen molar-refractivity contribution >= 4 is 27.5 Å². The van der Waals surface area contributed by atoms with Gasteiger partial charge in [0, 0.05) is 10.9 Å². The molecule has 0 aliphatic heterocycles. The Morgan fingerprint density at radius 3 is 3.04 bits per heavy atom. The van der Waals surface area contributed by atoms with Gasteiger partial charge in [0.15, 0.2) is 6.61 Å². The van der Waals surface area contributed by atoms with Gasteiger partial charge in [-0.2, -0.15) is 0 Å². The molecule has 1 N–H and O–H groups in total. The van der Waals surface area contributed by atoms with E-state index in [2.05, 4.69) is 29.1 Å². The van der Waals surface area contributed by atoms with E-state index < -0.39 is 0 Å². The first-order valence-corrected chi connectivity index (χ1v) is 10.1. The number of aryl methyl sites for hydroxylation is 2. The number of aromatic nitrogens is 2. The first kappa shape index (κ1) is 16.8. The molecule has 2 aliphatic carbocycles. The number of fused-ring (bicyclic) bond motifs is 3. The van der Waals surface area contributed by atoms with Crippen molar-refractivity contribution in [3.8, 4) is 5.88 Å². The number of thiophene rings is 1. The van der Waals surface area contributed by atoms with E-state index in [9.17, 15) is 4.79 Å². The lowest BCUT2D eigenvalue weighted by Crippen LogP contribution is -2.45. The molecule has 0 bridgehead atoms. The van der Waals surface area contributed by atoms with E-state index in [4.69, 9.17) is 4.74 Å². The first-order valence-electron chi connectivity index (χ1n) is 9.31. The molecule has 6 heteroatoms. The number of rotatable bonds is 4. The molecule has 3 atom stereocenters. The highest BCUT2D eigenvalue weighted by atomic mass is 32.1. The smallest absolute Gasteiger partial charge is 0.258 e. The van der Waals surface area contributed by atoms with Crippen molar-refractivity contribution in [3.63, 3.8) is 0 Å². The number of carbonyl (C=O) groups is 1. The molecule has 1 amide bonds. The topological polar surface area (TPSA) is 64.1 Å². The largest absolute Gasteiger partial charge is 0.467 e. The zero-order valence-electron chi connectivity index (χ0n) is 14.9. The molecular weight excluding hydrogens is 334 g/mol. The standard InChI is InChI=1S/C19H25N3O2S/c1-11-5-3-7-14(12(11)2)22-16(23)9-24-18-17-13-6-4-8-15(13)25-19(17)21-10-20-18/h10-12,14H,3-9H2,1-2H3,(H,22,23). The maximum atomic E-state index is 12.4. The van der Waals surface area contributed by atoms with Gasteiger partial charge in [0.1, 0.15) is 11.2 Å². The SMILES string of the molecule is CC1CCCC(NC(=O)COc2ncnc3sc4c(c23)CCC4)C1C. The van der Waals surface area contributed by atoms with Crippen LogP contribution < -0.4 is 10.1 Å². The van der Waals surface area contributed by atoms with Gasteiger partial charge in [0.25, 0.3) is 5.91 Å². The van der Waals surface area contributed by atoms with E-state index in [1.807, 2.05) is 0 Å². The molecule has 25 heavy (non-hydrogen) atoms. The van der Waals surface area contributed by atoms with Crippen molar-refractivity contribution in [3.05, 3.63) is 16.8 Å². The molecule has 1 fully saturated rings. The van der Waals surface area contributed by atoms with Gasteiger partial charge in [-0.25, -0.2) is 9.97 Å². The minimum Gasteiger partial charge on any atom is -0.467 e. The summed E-state index contributed by atoms with van der Waals surface area (Å²) in [5.41, 5.74) is 1.32. The predicted octanol–water partition coefficient (Wildman–Crippen LogP) is 3.50. The van der Waals surface area contributed by atoms with Gasteiger partial charge in [-0.3, -0.25) is 4.79 Å². The summed E-state index contributed by atoms with van der Waals surface area (Å²) in [7, 11) is 0. The fourth-order valence-corrected chi connectivity index (χ4v) is 5.40. The van der Waals surface area contributed by atoms with Gasteiger partial charge in [0.05, 0.1) is 5.39 Å². The Morgan fingerprint density at radius 2 is 2.16 bits per heavy atom. The predicted molar refractivity (Wildman–Crippen MR) is 99.0 cm³/mol. The second-order valence-electron chi connectivity index (χ2n) is 7.45. The molecule has 0 spiro atoms. The molecule has 2 aromatic rings. The van der Waals surface area contributed by atoms with Gasteiger partial charge in [-0.15, -0.1) is 11.3 Å². The molecule has 0 saturated heterocycles. The first-order chi connectivity index (χ1) is 12.1. The van der Waals surface area contributed by atoms with Crippen LogP contribution in [0.5, 0.6) is 5.88 Å². The average Bonchev–Trinajstić information content (AvgIpc) is 3.18. The summed E-state index contributed by atoms with van der Waals surface area (Å²) >= 11 is 1.73.